The molecule has 0 aliphatic carbocycles. The number of amides is 1. The zero-order chi connectivity index (χ0) is 19.5. The summed E-state index contributed by atoms with van der Waals surface area (Å²) >= 11 is 1.59. The Balaban J connectivity index is 1.49. The van der Waals surface area contributed by atoms with Crippen molar-refractivity contribution in [3.05, 3.63) is 82.1 Å². The topological polar surface area (TPSA) is 37.3 Å². The van der Waals surface area contributed by atoms with Gasteiger partial charge in [0.15, 0.2) is 0 Å². The molecular formula is C22H24FN3OS. The van der Waals surface area contributed by atoms with E-state index in [1.807, 2.05) is 36.8 Å². The van der Waals surface area contributed by atoms with E-state index in [2.05, 4.69) is 20.9 Å². The van der Waals surface area contributed by atoms with Crippen LogP contribution in [0.1, 0.15) is 41.1 Å². The van der Waals surface area contributed by atoms with Crippen molar-refractivity contribution in [1.29, 1.82) is 0 Å². The van der Waals surface area contributed by atoms with Crippen LogP contribution in [0.3, 0.4) is 0 Å². The largest absolute Gasteiger partial charge is 0.353 e. The number of aryl methyl sites for hydroxylation is 1. The second-order valence-electron chi connectivity index (χ2n) is 7.24. The molecule has 1 N–H and O–H groups in total. The predicted molar refractivity (Wildman–Crippen MR) is 110 cm³/mol. The van der Waals surface area contributed by atoms with Gasteiger partial charge in [0.2, 0.25) is 5.91 Å². The zero-order valence-corrected chi connectivity index (χ0v) is 16.7. The molecule has 1 aliphatic heterocycles. The minimum atomic E-state index is -0.275. The minimum Gasteiger partial charge on any atom is -0.353 e. The average molecular weight is 398 g/mol. The highest BCUT2D eigenvalue weighted by Crippen LogP contribution is 2.32. The maximum Gasteiger partial charge on any atom is 0.234 e. The van der Waals surface area contributed by atoms with Gasteiger partial charge in [-0.2, -0.15) is 0 Å². The van der Waals surface area contributed by atoms with Gasteiger partial charge < -0.3 is 9.88 Å². The summed E-state index contributed by atoms with van der Waals surface area (Å²) in [7, 11) is 2.05. The minimum absolute atomic E-state index is 0.0103. The smallest absolute Gasteiger partial charge is 0.234 e. The summed E-state index contributed by atoms with van der Waals surface area (Å²) in [6.45, 7) is 1.28. The normalized spacial score (nSPS) is 18.3. The number of hydrogen-bond donors (Lipinski definition) is 1. The van der Waals surface area contributed by atoms with Crippen LogP contribution in [0.15, 0.2) is 60.1 Å². The SMILES string of the molecule is Cn1cccc1[C@H]1CCCN1CC(=O)N[C@H](c1ccc(F)cc1)c1cccs1. The molecule has 0 saturated carbocycles. The second kappa shape index (κ2) is 8.29. The van der Waals surface area contributed by atoms with Crippen LogP contribution in [0.2, 0.25) is 0 Å². The van der Waals surface area contributed by atoms with Crippen LogP contribution < -0.4 is 5.32 Å². The molecule has 1 amide bonds. The van der Waals surface area contributed by atoms with Crippen molar-refractivity contribution in [2.75, 3.05) is 13.1 Å². The molecule has 0 bridgehead atoms. The van der Waals surface area contributed by atoms with E-state index in [-0.39, 0.29) is 23.8 Å². The molecule has 0 unspecified atom stereocenters. The number of nitrogens with one attached hydrogen (secondary N) is 1. The Morgan fingerprint density at radius 2 is 2.07 bits per heavy atom. The van der Waals surface area contributed by atoms with Gasteiger partial charge in [0, 0.05) is 23.8 Å². The Kier molecular flexibility index (Phi) is 5.59. The van der Waals surface area contributed by atoms with Gasteiger partial charge in [-0.1, -0.05) is 18.2 Å². The van der Waals surface area contributed by atoms with Crippen molar-refractivity contribution >= 4 is 17.2 Å². The Bertz CT molecular complexity index is 920. The molecule has 146 valence electrons. The van der Waals surface area contributed by atoms with Gasteiger partial charge in [-0.05, 0) is 60.7 Å². The van der Waals surface area contributed by atoms with Crippen LogP contribution in [0, 0.1) is 5.82 Å². The molecule has 4 rings (SSSR count). The van der Waals surface area contributed by atoms with Gasteiger partial charge in [-0.25, -0.2) is 4.39 Å². The van der Waals surface area contributed by atoms with Gasteiger partial charge in [-0.3, -0.25) is 9.69 Å². The van der Waals surface area contributed by atoms with Crippen molar-refractivity contribution in [3.63, 3.8) is 0 Å². The molecule has 0 spiro atoms. The molecule has 0 radical (unpaired) electrons. The van der Waals surface area contributed by atoms with E-state index in [1.165, 1.54) is 17.8 Å². The number of likely N-dealkylation sites (tertiary alicyclic amines) is 1. The standard InChI is InChI=1S/C22H24FN3OS/c1-25-12-2-5-18(25)19-6-3-13-26(19)15-21(27)24-22(20-7-4-14-28-20)16-8-10-17(23)11-9-16/h2,4-5,7-12,14,19,22H,3,6,13,15H2,1H3,(H,24,27)/t19-,22-/m1/s1. The van der Waals surface area contributed by atoms with Crippen LogP contribution >= 0.6 is 11.3 Å². The maximum atomic E-state index is 13.3. The molecule has 6 heteroatoms. The monoisotopic (exact) mass is 397 g/mol. The van der Waals surface area contributed by atoms with Crippen LogP contribution in [0.25, 0.3) is 0 Å². The van der Waals surface area contributed by atoms with Gasteiger partial charge in [0.05, 0.1) is 18.6 Å². The molecular weight excluding hydrogens is 373 g/mol. The Labute approximate surface area is 168 Å². The van der Waals surface area contributed by atoms with Crippen LogP contribution in [-0.4, -0.2) is 28.5 Å². The molecule has 1 aromatic carbocycles. The van der Waals surface area contributed by atoms with Gasteiger partial charge >= 0.3 is 0 Å². The molecule has 3 aromatic rings. The summed E-state index contributed by atoms with van der Waals surface area (Å²) in [6.07, 6.45) is 4.21. The fourth-order valence-corrected chi connectivity index (χ4v) is 4.79. The second-order valence-corrected chi connectivity index (χ2v) is 8.22. The summed E-state index contributed by atoms with van der Waals surface area (Å²) in [5, 5.41) is 5.15. The molecule has 2 atom stereocenters. The van der Waals surface area contributed by atoms with Crippen molar-refractivity contribution in [2.24, 2.45) is 7.05 Å². The van der Waals surface area contributed by atoms with E-state index in [4.69, 9.17) is 0 Å². The zero-order valence-electron chi connectivity index (χ0n) is 15.8. The van der Waals surface area contributed by atoms with Crippen LogP contribution in [-0.2, 0) is 11.8 Å². The van der Waals surface area contributed by atoms with E-state index in [9.17, 15) is 9.18 Å². The van der Waals surface area contributed by atoms with Crippen molar-refractivity contribution in [3.8, 4) is 0 Å². The lowest BCUT2D eigenvalue weighted by atomic mass is 10.1. The first-order valence-electron chi connectivity index (χ1n) is 9.55. The molecule has 1 saturated heterocycles. The number of benzene rings is 1. The number of halogens is 1. The van der Waals surface area contributed by atoms with Crippen LogP contribution in [0.5, 0.6) is 0 Å². The van der Waals surface area contributed by atoms with Crippen molar-refractivity contribution in [1.82, 2.24) is 14.8 Å². The molecule has 1 aliphatic rings. The lowest BCUT2D eigenvalue weighted by molar-refractivity contribution is -0.123. The van der Waals surface area contributed by atoms with Crippen LogP contribution in [0.4, 0.5) is 4.39 Å². The maximum absolute atomic E-state index is 13.3. The van der Waals surface area contributed by atoms with Gasteiger partial charge in [0.25, 0.3) is 0 Å². The molecule has 1 fully saturated rings. The number of carbonyl (C=O) groups is 1. The lowest BCUT2D eigenvalue weighted by Crippen LogP contribution is -2.39. The highest BCUT2D eigenvalue weighted by molar-refractivity contribution is 7.10. The van der Waals surface area contributed by atoms with Gasteiger partial charge in [0.1, 0.15) is 5.82 Å². The number of aromatic nitrogens is 1. The Morgan fingerprint density at radius 3 is 2.75 bits per heavy atom. The highest BCUT2D eigenvalue weighted by atomic mass is 32.1. The highest BCUT2D eigenvalue weighted by Gasteiger charge is 2.29. The molecule has 3 heterocycles. The summed E-state index contributed by atoms with van der Waals surface area (Å²) in [5.41, 5.74) is 2.14. The molecule has 4 nitrogen and oxygen atoms in total. The third-order valence-corrected chi connectivity index (χ3v) is 6.31. The molecule has 2 aromatic heterocycles. The van der Waals surface area contributed by atoms with E-state index in [0.29, 0.717) is 6.54 Å². The number of nitrogens with zero attached hydrogens (tertiary/aromatic N) is 2. The van der Waals surface area contributed by atoms with Gasteiger partial charge in [-0.15, -0.1) is 11.3 Å². The third-order valence-electron chi connectivity index (χ3n) is 5.37. The summed E-state index contributed by atoms with van der Waals surface area (Å²) in [5.74, 6) is -0.286. The first-order valence-corrected chi connectivity index (χ1v) is 10.4. The van der Waals surface area contributed by atoms with E-state index >= 15 is 0 Å². The number of thiophene rings is 1. The lowest BCUT2D eigenvalue weighted by Gasteiger charge is -2.26. The number of carbonyl (C=O) groups excluding carboxylic acids is 1. The Hall–Kier alpha value is -2.44. The Morgan fingerprint density at radius 1 is 1.25 bits per heavy atom. The first-order chi connectivity index (χ1) is 13.6. The summed E-state index contributed by atoms with van der Waals surface area (Å²) < 4.78 is 15.5. The predicted octanol–water partition coefficient (Wildman–Crippen LogP) is 4.27. The van der Waals surface area contributed by atoms with E-state index in [0.717, 1.165) is 29.8 Å². The quantitative estimate of drug-likeness (QED) is 0.675. The van der Waals surface area contributed by atoms with E-state index < -0.39 is 0 Å². The van der Waals surface area contributed by atoms with Crippen molar-refractivity contribution in [2.45, 2.75) is 24.9 Å². The fraction of sp³-hybridized carbons (Fsp3) is 0.318. The number of hydrogen-bond acceptors (Lipinski definition) is 3. The molecule has 28 heavy (non-hydrogen) atoms. The average Bonchev–Trinajstić information content (AvgIpc) is 3.42. The summed E-state index contributed by atoms with van der Waals surface area (Å²) in [6, 6.07) is 14.5. The first kappa shape index (κ1) is 18.9. The number of rotatable bonds is 6. The fourth-order valence-electron chi connectivity index (χ4n) is 3.99. The van der Waals surface area contributed by atoms with E-state index in [1.54, 1.807) is 23.5 Å². The summed E-state index contributed by atoms with van der Waals surface area (Å²) in [4.78, 5) is 16.2. The third kappa shape index (κ3) is 4.03. The van der Waals surface area contributed by atoms with Crippen molar-refractivity contribution < 1.29 is 9.18 Å².